The van der Waals surface area contributed by atoms with E-state index in [0.717, 1.165) is 11.3 Å². The smallest absolute Gasteiger partial charge is 0.255 e. The van der Waals surface area contributed by atoms with Crippen LogP contribution in [0.2, 0.25) is 0 Å². The number of carbonyl (C=O) groups is 2. The minimum atomic E-state index is -0.568. The molecule has 0 aliphatic carbocycles. The highest BCUT2D eigenvalue weighted by Gasteiger charge is 2.46. The summed E-state index contributed by atoms with van der Waals surface area (Å²) in [4.78, 5) is 29.7. The van der Waals surface area contributed by atoms with Crippen LogP contribution in [0.5, 0.6) is 17.2 Å². The van der Waals surface area contributed by atoms with Gasteiger partial charge >= 0.3 is 0 Å². The van der Waals surface area contributed by atoms with E-state index >= 15 is 0 Å². The summed E-state index contributed by atoms with van der Waals surface area (Å²) in [6, 6.07) is 16.1. The predicted octanol–water partition coefficient (Wildman–Crippen LogP) is 2.76. The van der Waals surface area contributed by atoms with Crippen LogP contribution in [0.25, 0.3) is 0 Å². The van der Waals surface area contributed by atoms with Gasteiger partial charge in [0.1, 0.15) is 18.0 Å². The number of anilines is 1. The molecular weight excluding hydrogens is 490 g/mol. The van der Waals surface area contributed by atoms with E-state index in [9.17, 15) is 14.7 Å². The minimum absolute atomic E-state index is 0.0908. The van der Waals surface area contributed by atoms with Crippen molar-refractivity contribution in [2.45, 2.75) is 43.6 Å². The first kappa shape index (κ1) is 24.2. The molecule has 6 rings (SSSR count). The molecular formula is C28H27N3O7. The van der Waals surface area contributed by atoms with E-state index < -0.39 is 12.2 Å². The van der Waals surface area contributed by atoms with Crippen molar-refractivity contribution in [3.05, 3.63) is 77.6 Å². The number of benzene rings is 2. The summed E-state index contributed by atoms with van der Waals surface area (Å²) in [6.45, 7) is 0.244. The van der Waals surface area contributed by atoms with Crippen LogP contribution >= 0.6 is 0 Å². The number of amides is 2. The molecule has 0 bridgehead atoms. The van der Waals surface area contributed by atoms with Crippen LogP contribution in [0.3, 0.4) is 0 Å². The van der Waals surface area contributed by atoms with Crippen LogP contribution in [0.15, 0.2) is 60.8 Å². The number of aliphatic hydroxyl groups excluding tert-OH is 1. The molecule has 0 saturated carbocycles. The SMILES string of the molecule is O=C(C[C@@H]1C[C@@H]2c3cc(NC(=O)c4ccc5c(c4)OCO5)ccc3O[C@@H]2[C@@H](CO)O1)NCc1ccccn1. The Balaban J connectivity index is 1.13. The van der Waals surface area contributed by atoms with Crippen LogP contribution in [0.4, 0.5) is 5.69 Å². The third-order valence-electron chi connectivity index (χ3n) is 7.00. The molecule has 4 atom stereocenters. The number of aromatic nitrogens is 1. The van der Waals surface area contributed by atoms with Crippen LogP contribution in [-0.4, -0.2) is 53.6 Å². The van der Waals surface area contributed by atoms with E-state index in [-0.39, 0.29) is 43.7 Å². The molecule has 2 aromatic carbocycles. The number of hydrogen-bond acceptors (Lipinski definition) is 8. The summed E-state index contributed by atoms with van der Waals surface area (Å²) in [7, 11) is 0. The number of ether oxygens (including phenoxy) is 4. The highest BCUT2D eigenvalue weighted by molar-refractivity contribution is 6.04. The molecule has 1 saturated heterocycles. The fourth-order valence-electron chi connectivity index (χ4n) is 5.18. The van der Waals surface area contributed by atoms with Crippen molar-refractivity contribution in [1.29, 1.82) is 0 Å². The Morgan fingerprint density at radius 1 is 1.03 bits per heavy atom. The fraction of sp³-hybridized carbons (Fsp3) is 0.321. The summed E-state index contributed by atoms with van der Waals surface area (Å²) in [5.41, 5.74) is 2.76. The predicted molar refractivity (Wildman–Crippen MR) is 135 cm³/mol. The monoisotopic (exact) mass is 517 g/mol. The zero-order valence-corrected chi connectivity index (χ0v) is 20.5. The zero-order chi connectivity index (χ0) is 26.1. The third kappa shape index (κ3) is 4.88. The van der Waals surface area contributed by atoms with Gasteiger partial charge in [-0.15, -0.1) is 0 Å². The van der Waals surface area contributed by atoms with Crippen molar-refractivity contribution in [2.75, 3.05) is 18.7 Å². The van der Waals surface area contributed by atoms with Crippen LogP contribution < -0.4 is 24.8 Å². The van der Waals surface area contributed by atoms with E-state index in [1.54, 1.807) is 30.5 Å². The van der Waals surface area contributed by atoms with Crippen molar-refractivity contribution in [1.82, 2.24) is 10.3 Å². The topological polar surface area (TPSA) is 128 Å². The minimum Gasteiger partial charge on any atom is -0.487 e. The van der Waals surface area contributed by atoms with Gasteiger partial charge in [-0.1, -0.05) is 6.07 Å². The second-order valence-corrected chi connectivity index (χ2v) is 9.48. The van der Waals surface area contributed by atoms with Crippen LogP contribution in [-0.2, 0) is 16.1 Å². The Labute approximate surface area is 218 Å². The first-order valence-corrected chi connectivity index (χ1v) is 12.5. The molecule has 4 heterocycles. The van der Waals surface area contributed by atoms with Gasteiger partial charge in [0, 0.05) is 28.9 Å². The summed E-state index contributed by atoms with van der Waals surface area (Å²) < 4.78 is 22.9. The molecule has 3 aliphatic rings. The van der Waals surface area contributed by atoms with Gasteiger partial charge in [0.15, 0.2) is 11.5 Å². The lowest BCUT2D eigenvalue weighted by Gasteiger charge is -2.37. The van der Waals surface area contributed by atoms with E-state index in [2.05, 4.69) is 15.6 Å². The normalized spacial score (nSPS) is 22.7. The van der Waals surface area contributed by atoms with Gasteiger partial charge in [-0.25, -0.2) is 0 Å². The fourth-order valence-corrected chi connectivity index (χ4v) is 5.18. The molecule has 38 heavy (non-hydrogen) atoms. The van der Waals surface area contributed by atoms with Crippen molar-refractivity contribution >= 4 is 17.5 Å². The second-order valence-electron chi connectivity index (χ2n) is 9.48. The molecule has 0 spiro atoms. The Morgan fingerprint density at radius 3 is 2.74 bits per heavy atom. The molecule has 196 valence electrons. The van der Waals surface area contributed by atoms with Gasteiger partial charge in [0.25, 0.3) is 5.91 Å². The molecule has 10 nitrogen and oxygen atoms in total. The number of pyridine rings is 1. The molecule has 3 aromatic rings. The van der Waals surface area contributed by atoms with Crippen molar-refractivity contribution in [3.8, 4) is 17.2 Å². The molecule has 10 heteroatoms. The van der Waals surface area contributed by atoms with Gasteiger partial charge in [0.05, 0.1) is 31.4 Å². The number of nitrogens with one attached hydrogen (secondary N) is 2. The lowest BCUT2D eigenvalue weighted by Crippen LogP contribution is -2.47. The first-order chi connectivity index (χ1) is 18.6. The second kappa shape index (κ2) is 10.3. The molecule has 1 aromatic heterocycles. The highest BCUT2D eigenvalue weighted by atomic mass is 16.7. The Morgan fingerprint density at radius 2 is 1.89 bits per heavy atom. The first-order valence-electron chi connectivity index (χ1n) is 12.5. The maximum Gasteiger partial charge on any atom is 0.255 e. The largest absolute Gasteiger partial charge is 0.487 e. The molecule has 0 unspecified atom stereocenters. The number of rotatable bonds is 7. The van der Waals surface area contributed by atoms with Gasteiger partial charge in [-0.05, 0) is 55.0 Å². The van der Waals surface area contributed by atoms with E-state index in [4.69, 9.17) is 18.9 Å². The molecule has 1 fully saturated rings. The lowest BCUT2D eigenvalue weighted by molar-refractivity contribution is -0.142. The van der Waals surface area contributed by atoms with Crippen LogP contribution in [0, 0.1) is 0 Å². The summed E-state index contributed by atoms with van der Waals surface area (Å²) in [6.07, 6.45) is 1.05. The Hall–Kier alpha value is -4.15. The molecule has 3 N–H and O–H groups in total. The number of fused-ring (bicyclic) bond motifs is 4. The van der Waals surface area contributed by atoms with E-state index in [0.29, 0.717) is 41.5 Å². The Bertz CT molecular complexity index is 1350. The maximum atomic E-state index is 12.9. The molecule has 2 amide bonds. The third-order valence-corrected chi connectivity index (χ3v) is 7.00. The number of nitrogens with zero attached hydrogens (tertiary/aromatic N) is 1. The van der Waals surface area contributed by atoms with Crippen molar-refractivity contribution in [3.63, 3.8) is 0 Å². The number of hydrogen-bond donors (Lipinski definition) is 3. The van der Waals surface area contributed by atoms with Crippen LogP contribution in [0.1, 0.15) is 40.4 Å². The van der Waals surface area contributed by atoms with E-state index in [1.165, 1.54) is 0 Å². The zero-order valence-electron chi connectivity index (χ0n) is 20.5. The van der Waals surface area contributed by atoms with Gasteiger partial charge < -0.3 is 34.7 Å². The average molecular weight is 518 g/mol. The Kier molecular flexibility index (Phi) is 6.57. The average Bonchev–Trinajstić information content (AvgIpc) is 3.56. The summed E-state index contributed by atoms with van der Waals surface area (Å²) >= 11 is 0. The summed E-state index contributed by atoms with van der Waals surface area (Å²) in [5, 5.41) is 15.8. The van der Waals surface area contributed by atoms with Gasteiger partial charge in [-0.2, -0.15) is 0 Å². The van der Waals surface area contributed by atoms with Crippen molar-refractivity contribution in [2.24, 2.45) is 0 Å². The lowest BCUT2D eigenvalue weighted by atomic mass is 9.84. The number of aliphatic hydroxyl groups is 1. The maximum absolute atomic E-state index is 12.9. The standard InChI is InChI=1S/C28H27N3O7/c32-14-25-27-21(11-19(37-25)12-26(33)30-13-18-3-1-2-8-29-18)20-10-17(5-7-22(20)38-27)31-28(34)16-4-6-23-24(9-16)36-15-35-23/h1-10,19,21,25,27,32H,11-15H2,(H,30,33)(H,31,34)/t19-,21+,25+,27-/m0/s1. The van der Waals surface area contributed by atoms with Gasteiger partial charge in [0.2, 0.25) is 12.7 Å². The highest BCUT2D eigenvalue weighted by Crippen LogP contribution is 2.47. The number of carbonyl (C=O) groups excluding carboxylic acids is 2. The molecule has 3 aliphatic heterocycles. The van der Waals surface area contributed by atoms with Crippen molar-refractivity contribution < 1.29 is 33.6 Å². The van der Waals surface area contributed by atoms with E-state index in [1.807, 2.05) is 30.3 Å². The van der Waals surface area contributed by atoms with Gasteiger partial charge in [-0.3, -0.25) is 14.6 Å². The summed E-state index contributed by atoms with van der Waals surface area (Å²) in [5.74, 6) is 1.31. The quantitative estimate of drug-likeness (QED) is 0.437. The molecule has 0 radical (unpaired) electrons.